The number of halogens is 1. The van der Waals surface area contributed by atoms with Gasteiger partial charge in [0.05, 0.1) is 17.2 Å². The van der Waals surface area contributed by atoms with Crippen molar-refractivity contribution in [2.24, 2.45) is 5.92 Å². The van der Waals surface area contributed by atoms with E-state index in [1.165, 1.54) is 10.9 Å². The number of aromatic nitrogens is 2. The van der Waals surface area contributed by atoms with E-state index < -0.39 is 0 Å². The predicted octanol–water partition coefficient (Wildman–Crippen LogP) is 3.49. The first-order valence-electron chi connectivity index (χ1n) is 8.31. The predicted molar refractivity (Wildman–Crippen MR) is 100.0 cm³/mol. The molecule has 1 unspecified atom stereocenters. The molecule has 1 atom stereocenters. The molecule has 2 aromatic rings. The summed E-state index contributed by atoms with van der Waals surface area (Å²) in [4.78, 5) is 28.9. The number of nitrogens with zero attached hydrogens (tertiary/aromatic N) is 2. The quantitative estimate of drug-likeness (QED) is 0.782. The van der Waals surface area contributed by atoms with Crippen LogP contribution in [0.2, 0.25) is 0 Å². The lowest BCUT2D eigenvalue weighted by Crippen LogP contribution is -2.37. The van der Waals surface area contributed by atoms with E-state index in [-0.39, 0.29) is 24.1 Å². The number of carbonyl (C=O) groups is 1. The fourth-order valence-electron chi connectivity index (χ4n) is 2.62. The lowest BCUT2D eigenvalue weighted by atomic mass is 10.0. The molecule has 1 aromatic heterocycles. The molecule has 0 bridgehead atoms. The first-order chi connectivity index (χ1) is 11.4. The minimum Gasteiger partial charge on any atom is -0.352 e. The van der Waals surface area contributed by atoms with E-state index in [0.717, 1.165) is 23.7 Å². The normalized spacial score (nSPS) is 12.5. The lowest BCUT2D eigenvalue weighted by molar-refractivity contribution is -0.122. The van der Waals surface area contributed by atoms with Gasteiger partial charge >= 0.3 is 0 Å². The fourth-order valence-corrected chi connectivity index (χ4v) is 2.98. The maximum Gasteiger partial charge on any atom is 0.261 e. The molecule has 2 rings (SSSR count). The van der Waals surface area contributed by atoms with Crippen LogP contribution in [-0.4, -0.2) is 21.5 Å². The topological polar surface area (TPSA) is 64.0 Å². The molecule has 130 valence electrons. The maximum absolute atomic E-state index is 12.5. The van der Waals surface area contributed by atoms with E-state index in [1.807, 2.05) is 13.0 Å². The van der Waals surface area contributed by atoms with Gasteiger partial charge in [-0.3, -0.25) is 14.2 Å². The molecule has 1 heterocycles. The second kappa shape index (κ2) is 8.42. The van der Waals surface area contributed by atoms with Gasteiger partial charge in [0.2, 0.25) is 5.91 Å². The van der Waals surface area contributed by atoms with Crippen molar-refractivity contribution in [1.29, 1.82) is 0 Å². The number of carbonyl (C=O) groups excluding carboxylic acids is 1. The van der Waals surface area contributed by atoms with E-state index in [0.29, 0.717) is 16.8 Å². The van der Waals surface area contributed by atoms with Crippen molar-refractivity contribution >= 4 is 32.7 Å². The molecule has 0 aliphatic carbocycles. The Morgan fingerprint density at radius 3 is 2.75 bits per heavy atom. The first kappa shape index (κ1) is 18.6. The third kappa shape index (κ3) is 5.16. The van der Waals surface area contributed by atoms with Crippen molar-refractivity contribution < 1.29 is 4.79 Å². The number of fused-ring (bicyclic) bond motifs is 1. The Labute approximate surface area is 150 Å². The molecule has 0 fully saturated rings. The molecular formula is C18H24BrN3O2. The van der Waals surface area contributed by atoms with E-state index in [2.05, 4.69) is 40.1 Å². The van der Waals surface area contributed by atoms with Crippen LogP contribution >= 0.6 is 15.9 Å². The fraction of sp³-hybridized carbons (Fsp3) is 0.500. The molecule has 0 saturated carbocycles. The van der Waals surface area contributed by atoms with Crippen LogP contribution in [0.15, 0.2) is 33.8 Å². The molecule has 0 aliphatic rings. The average Bonchev–Trinajstić information content (AvgIpc) is 2.50. The Hall–Kier alpha value is -1.69. The average molecular weight is 394 g/mol. The highest BCUT2D eigenvalue weighted by Crippen LogP contribution is 2.14. The molecule has 0 radical (unpaired) electrons. The van der Waals surface area contributed by atoms with Crippen molar-refractivity contribution in [2.75, 3.05) is 0 Å². The van der Waals surface area contributed by atoms with E-state index in [1.54, 1.807) is 12.1 Å². The molecule has 6 heteroatoms. The summed E-state index contributed by atoms with van der Waals surface area (Å²) < 4.78 is 2.17. The molecule has 0 spiro atoms. The molecule has 5 nitrogen and oxygen atoms in total. The van der Waals surface area contributed by atoms with Gasteiger partial charge in [-0.2, -0.15) is 0 Å². The Balaban J connectivity index is 2.00. The van der Waals surface area contributed by atoms with E-state index in [4.69, 9.17) is 0 Å². The third-order valence-corrected chi connectivity index (χ3v) is 4.42. The van der Waals surface area contributed by atoms with Crippen molar-refractivity contribution in [2.45, 2.75) is 52.6 Å². The number of rotatable bonds is 7. The zero-order chi connectivity index (χ0) is 17.7. The minimum atomic E-state index is -0.205. The van der Waals surface area contributed by atoms with E-state index >= 15 is 0 Å². The van der Waals surface area contributed by atoms with Crippen LogP contribution in [0.4, 0.5) is 0 Å². The number of benzene rings is 1. The largest absolute Gasteiger partial charge is 0.352 e. The van der Waals surface area contributed by atoms with Gasteiger partial charge < -0.3 is 5.32 Å². The monoisotopic (exact) mass is 393 g/mol. The van der Waals surface area contributed by atoms with Gasteiger partial charge in [-0.25, -0.2) is 4.98 Å². The number of hydrogen-bond acceptors (Lipinski definition) is 3. The van der Waals surface area contributed by atoms with Gasteiger partial charge in [-0.05, 0) is 37.5 Å². The SMILES string of the molecule is CC(C)CCCC(C)NC(=O)Cn1cnc2ccc(Br)cc2c1=O. The summed E-state index contributed by atoms with van der Waals surface area (Å²) in [5.41, 5.74) is 0.422. The molecule has 1 amide bonds. The Bertz CT molecular complexity index is 770. The smallest absolute Gasteiger partial charge is 0.261 e. The van der Waals surface area contributed by atoms with Crippen molar-refractivity contribution in [3.63, 3.8) is 0 Å². The molecule has 1 N–H and O–H groups in total. The summed E-state index contributed by atoms with van der Waals surface area (Å²) in [7, 11) is 0. The zero-order valence-electron chi connectivity index (χ0n) is 14.4. The zero-order valence-corrected chi connectivity index (χ0v) is 16.0. The highest BCUT2D eigenvalue weighted by molar-refractivity contribution is 9.10. The van der Waals surface area contributed by atoms with Gasteiger partial charge in [0.1, 0.15) is 6.54 Å². The minimum absolute atomic E-state index is 0.0111. The van der Waals surface area contributed by atoms with Gasteiger partial charge in [-0.1, -0.05) is 42.6 Å². The second-order valence-corrected chi connectivity index (χ2v) is 7.55. The summed E-state index contributed by atoms with van der Waals surface area (Å²) in [6.07, 6.45) is 4.62. The van der Waals surface area contributed by atoms with E-state index in [9.17, 15) is 9.59 Å². The van der Waals surface area contributed by atoms with Gasteiger partial charge in [-0.15, -0.1) is 0 Å². The van der Waals surface area contributed by atoms with Crippen LogP contribution in [0, 0.1) is 5.92 Å². The second-order valence-electron chi connectivity index (χ2n) is 6.63. The van der Waals surface area contributed by atoms with Crippen LogP contribution in [0.3, 0.4) is 0 Å². The molecule has 24 heavy (non-hydrogen) atoms. The van der Waals surface area contributed by atoms with Crippen molar-refractivity contribution in [1.82, 2.24) is 14.9 Å². The maximum atomic E-state index is 12.5. The number of nitrogens with one attached hydrogen (secondary N) is 1. The summed E-state index contributed by atoms with van der Waals surface area (Å²) in [6, 6.07) is 5.45. The Kier molecular flexibility index (Phi) is 6.54. The van der Waals surface area contributed by atoms with Crippen LogP contribution in [-0.2, 0) is 11.3 Å². The molecule has 0 saturated heterocycles. The standard InChI is InChI=1S/C18H24BrN3O2/c1-12(2)5-4-6-13(3)21-17(23)10-22-11-20-16-8-7-14(19)9-15(16)18(22)24/h7-9,11-13H,4-6,10H2,1-3H3,(H,21,23). The highest BCUT2D eigenvalue weighted by Gasteiger charge is 2.11. The van der Waals surface area contributed by atoms with Crippen LogP contribution in [0.1, 0.15) is 40.0 Å². The lowest BCUT2D eigenvalue weighted by Gasteiger charge is -2.15. The Morgan fingerprint density at radius 2 is 2.04 bits per heavy atom. The van der Waals surface area contributed by atoms with Crippen LogP contribution in [0.5, 0.6) is 0 Å². The third-order valence-electron chi connectivity index (χ3n) is 3.93. The number of amides is 1. The van der Waals surface area contributed by atoms with Gasteiger partial charge in [0.15, 0.2) is 0 Å². The summed E-state index contributed by atoms with van der Waals surface area (Å²) >= 11 is 3.35. The summed E-state index contributed by atoms with van der Waals surface area (Å²) in [6.45, 7) is 6.38. The highest BCUT2D eigenvalue weighted by atomic mass is 79.9. The summed E-state index contributed by atoms with van der Waals surface area (Å²) in [5, 5.41) is 3.46. The first-order valence-corrected chi connectivity index (χ1v) is 9.10. The van der Waals surface area contributed by atoms with Crippen LogP contribution < -0.4 is 10.9 Å². The molecular weight excluding hydrogens is 370 g/mol. The molecule has 1 aromatic carbocycles. The number of hydrogen-bond donors (Lipinski definition) is 1. The van der Waals surface area contributed by atoms with Crippen molar-refractivity contribution in [3.05, 3.63) is 39.4 Å². The summed E-state index contributed by atoms with van der Waals surface area (Å²) in [5.74, 6) is 0.514. The van der Waals surface area contributed by atoms with Crippen LogP contribution in [0.25, 0.3) is 10.9 Å². The van der Waals surface area contributed by atoms with Crippen molar-refractivity contribution in [3.8, 4) is 0 Å². The molecule has 0 aliphatic heterocycles. The van der Waals surface area contributed by atoms with Gasteiger partial charge in [0.25, 0.3) is 5.56 Å². The van der Waals surface area contributed by atoms with Gasteiger partial charge in [0, 0.05) is 10.5 Å². The Morgan fingerprint density at radius 1 is 1.29 bits per heavy atom.